The first-order chi connectivity index (χ1) is 14.5. The molecule has 0 radical (unpaired) electrons. The minimum absolute atomic E-state index is 0.0125. The van der Waals surface area contributed by atoms with Crippen LogP contribution in [-0.2, 0) is 9.59 Å². The fourth-order valence-electron chi connectivity index (χ4n) is 3.35. The molecule has 2 aromatic rings. The molecule has 0 fully saturated rings. The Bertz CT molecular complexity index is 899. The molecule has 7 nitrogen and oxygen atoms in total. The zero-order valence-corrected chi connectivity index (χ0v) is 17.6. The number of fused-ring (bicyclic) bond motifs is 1. The van der Waals surface area contributed by atoms with Crippen LogP contribution in [0.1, 0.15) is 38.8 Å². The van der Waals surface area contributed by atoms with Crippen LogP contribution in [0, 0.1) is 0 Å². The zero-order valence-electron chi connectivity index (χ0n) is 17.6. The standard InChI is InChI=1S/C23H28N2O5/c1-4-28-20-11-10-17(14-21(20)29-5-2)16(3)24-22(26)12-13-25-18-8-6-7-9-19(18)30-15-23(25)27/h6-11,14,16H,4-5,12-13,15H2,1-3H3,(H,24,26)/t16-/m1/s1. The maximum atomic E-state index is 12.5. The first kappa shape index (κ1) is 21.5. The number of rotatable bonds is 9. The Labute approximate surface area is 176 Å². The van der Waals surface area contributed by atoms with Gasteiger partial charge in [0.15, 0.2) is 18.1 Å². The van der Waals surface area contributed by atoms with E-state index in [2.05, 4.69) is 5.32 Å². The van der Waals surface area contributed by atoms with E-state index in [1.54, 1.807) is 4.90 Å². The van der Waals surface area contributed by atoms with E-state index in [4.69, 9.17) is 14.2 Å². The van der Waals surface area contributed by atoms with Gasteiger partial charge < -0.3 is 24.4 Å². The average Bonchev–Trinajstić information content (AvgIpc) is 2.74. The summed E-state index contributed by atoms with van der Waals surface area (Å²) < 4.78 is 16.7. The van der Waals surface area contributed by atoms with E-state index < -0.39 is 0 Å². The quantitative estimate of drug-likeness (QED) is 0.682. The number of hydrogen-bond donors (Lipinski definition) is 1. The van der Waals surface area contributed by atoms with Gasteiger partial charge in [0.25, 0.3) is 5.91 Å². The molecule has 0 aliphatic carbocycles. The van der Waals surface area contributed by atoms with Crippen molar-refractivity contribution in [3.05, 3.63) is 48.0 Å². The molecule has 1 aliphatic rings. The van der Waals surface area contributed by atoms with Crippen LogP contribution in [0.5, 0.6) is 17.2 Å². The number of benzene rings is 2. The largest absolute Gasteiger partial charge is 0.490 e. The molecular weight excluding hydrogens is 384 g/mol. The van der Waals surface area contributed by atoms with E-state index in [1.807, 2.05) is 63.2 Å². The lowest BCUT2D eigenvalue weighted by molar-refractivity contribution is -0.122. The molecule has 0 spiro atoms. The van der Waals surface area contributed by atoms with Gasteiger partial charge in [-0.1, -0.05) is 18.2 Å². The number of hydrogen-bond acceptors (Lipinski definition) is 5. The highest BCUT2D eigenvalue weighted by atomic mass is 16.5. The maximum Gasteiger partial charge on any atom is 0.265 e. The Morgan fingerprint density at radius 1 is 1.13 bits per heavy atom. The zero-order chi connectivity index (χ0) is 21.5. The minimum Gasteiger partial charge on any atom is -0.490 e. The Balaban J connectivity index is 1.61. The normalized spacial score (nSPS) is 13.8. The highest BCUT2D eigenvalue weighted by Crippen LogP contribution is 2.32. The summed E-state index contributed by atoms with van der Waals surface area (Å²) in [5.41, 5.74) is 1.62. The summed E-state index contributed by atoms with van der Waals surface area (Å²) in [7, 11) is 0. The van der Waals surface area contributed by atoms with Crippen molar-refractivity contribution in [2.75, 3.05) is 31.3 Å². The molecule has 160 valence electrons. The third kappa shape index (κ3) is 5.03. The molecule has 0 saturated carbocycles. The molecule has 0 saturated heterocycles. The van der Waals surface area contributed by atoms with Gasteiger partial charge in [0, 0.05) is 13.0 Å². The van der Waals surface area contributed by atoms with Crippen molar-refractivity contribution >= 4 is 17.5 Å². The summed E-state index contributed by atoms with van der Waals surface area (Å²) in [4.78, 5) is 26.4. The smallest absolute Gasteiger partial charge is 0.265 e. The Morgan fingerprint density at radius 3 is 2.63 bits per heavy atom. The van der Waals surface area contributed by atoms with Crippen molar-refractivity contribution < 1.29 is 23.8 Å². The van der Waals surface area contributed by atoms with Crippen LogP contribution in [0.25, 0.3) is 0 Å². The molecule has 0 unspecified atom stereocenters. The van der Waals surface area contributed by atoms with Crippen molar-refractivity contribution in [1.29, 1.82) is 0 Å². The fourth-order valence-corrected chi connectivity index (χ4v) is 3.35. The molecular formula is C23H28N2O5. The first-order valence-electron chi connectivity index (χ1n) is 10.2. The molecule has 0 aromatic heterocycles. The highest BCUT2D eigenvalue weighted by Gasteiger charge is 2.25. The van der Waals surface area contributed by atoms with Crippen LogP contribution in [0.15, 0.2) is 42.5 Å². The second-order valence-corrected chi connectivity index (χ2v) is 6.91. The predicted octanol–water partition coefficient (Wildman–Crippen LogP) is 3.48. The molecule has 1 atom stereocenters. The van der Waals surface area contributed by atoms with Crippen LogP contribution >= 0.6 is 0 Å². The molecule has 2 aromatic carbocycles. The van der Waals surface area contributed by atoms with E-state index in [0.29, 0.717) is 42.7 Å². The molecule has 0 bridgehead atoms. The van der Waals surface area contributed by atoms with Crippen LogP contribution in [-0.4, -0.2) is 38.2 Å². The van der Waals surface area contributed by atoms with Gasteiger partial charge in [-0.15, -0.1) is 0 Å². The number of carbonyl (C=O) groups excluding carboxylic acids is 2. The van der Waals surface area contributed by atoms with Crippen molar-refractivity contribution in [3.8, 4) is 17.2 Å². The minimum atomic E-state index is -0.208. The van der Waals surface area contributed by atoms with Crippen LogP contribution < -0.4 is 24.4 Å². The Kier molecular flexibility index (Phi) is 7.17. The summed E-state index contributed by atoms with van der Waals surface area (Å²) in [5.74, 6) is 1.72. The summed E-state index contributed by atoms with van der Waals surface area (Å²) >= 11 is 0. The maximum absolute atomic E-state index is 12.5. The number of anilines is 1. The molecule has 2 amide bonds. The van der Waals surface area contributed by atoms with Gasteiger partial charge in [-0.2, -0.15) is 0 Å². The molecule has 1 heterocycles. The Morgan fingerprint density at radius 2 is 1.87 bits per heavy atom. The van der Waals surface area contributed by atoms with Crippen molar-refractivity contribution in [2.45, 2.75) is 33.2 Å². The monoisotopic (exact) mass is 412 g/mol. The van der Waals surface area contributed by atoms with Crippen molar-refractivity contribution in [2.24, 2.45) is 0 Å². The third-order valence-corrected chi connectivity index (χ3v) is 4.82. The van der Waals surface area contributed by atoms with E-state index in [9.17, 15) is 9.59 Å². The Hall–Kier alpha value is -3.22. The number of carbonyl (C=O) groups is 2. The fraction of sp³-hybridized carbons (Fsp3) is 0.391. The molecule has 3 rings (SSSR count). The summed E-state index contributed by atoms with van der Waals surface area (Å²) in [6.45, 7) is 7.11. The SMILES string of the molecule is CCOc1ccc([C@@H](C)NC(=O)CCN2C(=O)COc3ccccc32)cc1OCC. The summed E-state index contributed by atoms with van der Waals surface area (Å²) in [6, 6.07) is 12.8. The van der Waals surface area contributed by atoms with Gasteiger partial charge in [-0.25, -0.2) is 0 Å². The lowest BCUT2D eigenvalue weighted by Crippen LogP contribution is -2.41. The van der Waals surface area contributed by atoms with E-state index in [0.717, 1.165) is 5.56 Å². The van der Waals surface area contributed by atoms with Crippen molar-refractivity contribution in [1.82, 2.24) is 5.32 Å². The van der Waals surface area contributed by atoms with Gasteiger partial charge in [0.05, 0.1) is 24.9 Å². The number of nitrogens with zero attached hydrogens (tertiary/aromatic N) is 1. The molecule has 7 heteroatoms. The molecule has 30 heavy (non-hydrogen) atoms. The van der Waals surface area contributed by atoms with E-state index in [1.165, 1.54) is 0 Å². The van der Waals surface area contributed by atoms with Crippen molar-refractivity contribution in [3.63, 3.8) is 0 Å². The lowest BCUT2D eigenvalue weighted by atomic mass is 10.1. The topological polar surface area (TPSA) is 77.1 Å². The van der Waals surface area contributed by atoms with E-state index >= 15 is 0 Å². The second-order valence-electron chi connectivity index (χ2n) is 6.91. The van der Waals surface area contributed by atoms with Gasteiger partial charge in [-0.05, 0) is 50.6 Å². The lowest BCUT2D eigenvalue weighted by Gasteiger charge is -2.29. The number of ether oxygens (including phenoxy) is 3. The van der Waals surface area contributed by atoms with Crippen LogP contribution in [0.3, 0.4) is 0 Å². The molecule has 1 aliphatic heterocycles. The summed E-state index contributed by atoms with van der Waals surface area (Å²) in [6.07, 6.45) is 0.194. The van der Waals surface area contributed by atoms with Crippen LogP contribution in [0.4, 0.5) is 5.69 Å². The number of amides is 2. The van der Waals surface area contributed by atoms with Gasteiger partial charge in [0.2, 0.25) is 5.91 Å². The number of para-hydroxylation sites is 2. The third-order valence-electron chi connectivity index (χ3n) is 4.82. The second kappa shape index (κ2) is 10.0. The van der Waals surface area contributed by atoms with Gasteiger partial charge in [-0.3, -0.25) is 9.59 Å². The average molecular weight is 412 g/mol. The van der Waals surface area contributed by atoms with Gasteiger partial charge >= 0.3 is 0 Å². The van der Waals surface area contributed by atoms with Crippen LogP contribution in [0.2, 0.25) is 0 Å². The number of nitrogens with one attached hydrogen (secondary N) is 1. The van der Waals surface area contributed by atoms with Gasteiger partial charge in [0.1, 0.15) is 5.75 Å². The first-order valence-corrected chi connectivity index (χ1v) is 10.2. The predicted molar refractivity (Wildman–Crippen MR) is 114 cm³/mol. The summed E-state index contributed by atoms with van der Waals surface area (Å²) in [5, 5.41) is 2.99. The highest BCUT2D eigenvalue weighted by molar-refractivity contribution is 5.98. The van der Waals surface area contributed by atoms with E-state index in [-0.39, 0.29) is 30.9 Å². The molecule has 1 N–H and O–H groups in total.